The summed E-state index contributed by atoms with van der Waals surface area (Å²) >= 11 is 13.0. The smallest absolute Gasteiger partial charge is 0.223 e. The summed E-state index contributed by atoms with van der Waals surface area (Å²) in [6.45, 7) is 0. The van der Waals surface area contributed by atoms with Gasteiger partial charge in [-0.05, 0) is 11.6 Å². The lowest BCUT2D eigenvalue weighted by Crippen LogP contribution is -1.93. The first-order valence-corrected chi connectivity index (χ1v) is 5.44. The van der Waals surface area contributed by atoms with Crippen molar-refractivity contribution in [3.63, 3.8) is 0 Å². The Morgan fingerprint density at radius 2 is 2.14 bits per heavy atom. The van der Waals surface area contributed by atoms with Crippen LogP contribution in [0.3, 0.4) is 0 Å². The summed E-state index contributed by atoms with van der Waals surface area (Å²) in [5.74, 6) is 0. The molecule has 6 heteroatoms. The molecule has 3 nitrogen and oxygen atoms in total. The maximum absolute atomic E-state index is 5.89. The fourth-order valence-corrected chi connectivity index (χ4v) is 2.00. The molecule has 2 aromatic rings. The van der Waals surface area contributed by atoms with Crippen LogP contribution in [-0.4, -0.2) is 15.0 Å². The summed E-state index contributed by atoms with van der Waals surface area (Å²) in [4.78, 5) is 11.9. The Morgan fingerprint density at radius 3 is 2.79 bits per heavy atom. The van der Waals surface area contributed by atoms with Crippen molar-refractivity contribution in [2.24, 2.45) is 0 Å². The van der Waals surface area contributed by atoms with E-state index in [1.54, 1.807) is 23.7 Å². The van der Waals surface area contributed by atoms with Crippen LogP contribution in [0, 0.1) is 0 Å². The highest BCUT2D eigenvalue weighted by Gasteiger charge is 2.06. The van der Waals surface area contributed by atoms with E-state index in [0.717, 1.165) is 10.6 Å². The number of aromatic nitrogens is 3. The number of hydrogen-bond donors (Lipinski definition) is 0. The minimum Gasteiger partial charge on any atom is -0.249 e. The molecule has 0 atom stereocenters. The molecule has 0 fully saturated rings. The van der Waals surface area contributed by atoms with Crippen molar-refractivity contribution in [2.45, 2.75) is 6.42 Å². The minimum atomic E-state index is 0.165. The quantitative estimate of drug-likeness (QED) is 0.604. The van der Waals surface area contributed by atoms with Crippen LogP contribution < -0.4 is 0 Å². The number of hydrogen-bond acceptors (Lipinski definition) is 4. The molecule has 2 aromatic heterocycles. The van der Waals surface area contributed by atoms with Gasteiger partial charge in [0, 0.05) is 29.8 Å². The first-order valence-electron chi connectivity index (χ1n) is 3.81. The van der Waals surface area contributed by atoms with Crippen molar-refractivity contribution >= 4 is 34.5 Å². The molecule has 72 valence electrons. The Labute approximate surface area is 94.8 Å². The first-order chi connectivity index (χ1) is 6.75. The third-order valence-electron chi connectivity index (χ3n) is 1.61. The highest BCUT2D eigenvalue weighted by molar-refractivity contribution is 7.09. The lowest BCUT2D eigenvalue weighted by Gasteiger charge is -1.99. The predicted molar refractivity (Wildman–Crippen MR) is 57.0 cm³/mol. The molecule has 0 N–H and O–H groups in total. The topological polar surface area (TPSA) is 38.7 Å². The van der Waals surface area contributed by atoms with Gasteiger partial charge in [-0.25, -0.2) is 15.0 Å². The van der Waals surface area contributed by atoms with Crippen LogP contribution in [0.4, 0.5) is 0 Å². The van der Waals surface area contributed by atoms with Crippen molar-refractivity contribution in [2.75, 3.05) is 0 Å². The summed E-state index contributed by atoms with van der Waals surface area (Å²) in [5, 5.41) is 3.45. The van der Waals surface area contributed by atoms with Gasteiger partial charge in [-0.3, -0.25) is 0 Å². The number of nitrogens with zero attached hydrogens (tertiary/aromatic N) is 3. The number of thiazole rings is 1. The van der Waals surface area contributed by atoms with E-state index in [4.69, 9.17) is 23.2 Å². The third-order valence-corrected chi connectivity index (χ3v) is 2.90. The van der Waals surface area contributed by atoms with E-state index in [0.29, 0.717) is 11.6 Å². The fraction of sp³-hybridized carbons (Fsp3) is 0.125. The van der Waals surface area contributed by atoms with E-state index < -0.39 is 0 Å². The van der Waals surface area contributed by atoms with Crippen molar-refractivity contribution in [3.8, 4) is 0 Å². The minimum absolute atomic E-state index is 0.165. The van der Waals surface area contributed by atoms with Crippen LogP contribution in [0.25, 0.3) is 0 Å². The van der Waals surface area contributed by atoms with Gasteiger partial charge in [0.15, 0.2) is 0 Å². The maximum Gasteiger partial charge on any atom is 0.223 e. The molecule has 14 heavy (non-hydrogen) atoms. The molecule has 0 aliphatic heterocycles. The second-order valence-electron chi connectivity index (χ2n) is 2.56. The summed E-state index contributed by atoms with van der Waals surface area (Å²) in [6.07, 6.45) is 4.03. The van der Waals surface area contributed by atoms with Crippen molar-refractivity contribution < 1.29 is 0 Å². The van der Waals surface area contributed by atoms with Gasteiger partial charge in [-0.2, -0.15) is 0 Å². The van der Waals surface area contributed by atoms with Crippen LogP contribution >= 0.6 is 34.5 Å². The highest BCUT2D eigenvalue weighted by atomic mass is 35.5. The van der Waals surface area contributed by atoms with E-state index in [9.17, 15) is 0 Å². The molecule has 0 unspecified atom stereocenters. The average molecular weight is 246 g/mol. The Hall–Kier alpha value is -0.710. The van der Waals surface area contributed by atoms with E-state index in [-0.39, 0.29) is 5.28 Å². The Kier molecular flexibility index (Phi) is 2.96. The van der Waals surface area contributed by atoms with Crippen LogP contribution in [0.5, 0.6) is 0 Å². The van der Waals surface area contributed by atoms with E-state index in [1.807, 2.05) is 5.38 Å². The standard InChI is InChI=1S/C8H5Cl2N3S/c9-7-5(4-12-8(10)13-7)3-6-11-1-2-14-6/h1-2,4H,3H2. The largest absolute Gasteiger partial charge is 0.249 e. The van der Waals surface area contributed by atoms with Crippen LogP contribution in [0.2, 0.25) is 10.4 Å². The van der Waals surface area contributed by atoms with Gasteiger partial charge in [0.2, 0.25) is 5.28 Å². The molecular formula is C8H5Cl2N3S. The van der Waals surface area contributed by atoms with E-state index in [1.165, 1.54) is 0 Å². The summed E-state index contributed by atoms with van der Waals surface area (Å²) in [6, 6.07) is 0. The molecule has 0 aliphatic carbocycles. The van der Waals surface area contributed by atoms with Crippen molar-refractivity contribution in [3.05, 3.63) is 38.8 Å². The van der Waals surface area contributed by atoms with Crippen LogP contribution in [-0.2, 0) is 6.42 Å². The summed E-state index contributed by atoms with van der Waals surface area (Å²) in [7, 11) is 0. The fourth-order valence-electron chi connectivity index (χ4n) is 0.988. The number of halogens is 2. The Balaban J connectivity index is 2.25. The highest BCUT2D eigenvalue weighted by Crippen LogP contribution is 2.18. The zero-order chi connectivity index (χ0) is 9.97. The molecule has 0 spiro atoms. The molecule has 0 saturated heterocycles. The third kappa shape index (κ3) is 2.20. The van der Waals surface area contributed by atoms with E-state index >= 15 is 0 Å². The number of rotatable bonds is 2. The Morgan fingerprint density at radius 1 is 1.29 bits per heavy atom. The van der Waals surface area contributed by atoms with Crippen molar-refractivity contribution in [1.82, 2.24) is 15.0 Å². The molecular weight excluding hydrogens is 241 g/mol. The molecule has 0 amide bonds. The summed E-state index contributed by atoms with van der Waals surface area (Å²) < 4.78 is 0. The monoisotopic (exact) mass is 245 g/mol. The zero-order valence-corrected chi connectivity index (χ0v) is 9.27. The van der Waals surface area contributed by atoms with Crippen LogP contribution in [0.1, 0.15) is 10.6 Å². The second kappa shape index (κ2) is 4.21. The zero-order valence-electron chi connectivity index (χ0n) is 6.94. The predicted octanol–water partition coefficient (Wildman–Crippen LogP) is 2.83. The molecule has 0 radical (unpaired) electrons. The molecule has 0 aliphatic rings. The molecule has 0 bridgehead atoms. The average Bonchev–Trinajstić information content (AvgIpc) is 2.62. The van der Waals surface area contributed by atoms with Gasteiger partial charge < -0.3 is 0 Å². The van der Waals surface area contributed by atoms with Crippen molar-refractivity contribution in [1.29, 1.82) is 0 Å². The lowest BCUT2D eigenvalue weighted by atomic mass is 10.2. The summed E-state index contributed by atoms with van der Waals surface area (Å²) in [5.41, 5.74) is 0.839. The molecule has 0 saturated carbocycles. The molecule has 2 heterocycles. The first kappa shape index (κ1) is 9.83. The van der Waals surface area contributed by atoms with Gasteiger partial charge in [0.1, 0.15) is 5.15 Å². The van der Waals surface area contributed by atoms with E-state index in [2.05, 4.69) is 15.0 Å². The maximum atomic E-state index is 5.89. The molecule has 2 rings (SSSR count). The van der Waals surface area contributed by atoms with Gasteiger partial charge in [-0.15, -0.1) is 11.3 Å². The van der Waals surface area contributed by atoms with Gasteiger partial charge in [0.25, 0.3) is 0 Å². The lowest BCUT2D eigenvalue weighted by molar-refractivity contribution is 1.06. The van der Waals surface area contributed by atoms with Gasteiger partial charge in [0.05, 0.1) is 5.01 Å². The van der Waals surface area contributed by atoms with Crippen LogP contribution in [0.15, 0.2) is 17.8 Å². The SMILES string of the molecule is Clc1ncc(Cc2nccs2)c(Cl)n1. The second-order valence-corrected chi connectivity index (χ2v) is 4.23. The Bertz CT molecular complexity index is 430. The molecule has 0 aromatic carbocycles. The van der Waals surface area contributed by atoms with Gasteiger partial charge >= 0.3 is 0 Å². The van der Waals surface area contributed by atoms with Gasteiger partial charge in [-0.1, -0.05) is 11.6 Å². The normalized spacial score (nSPS) is 10.4.